The van der Waals surface area contributed by atoms with Gasteiger partial charge in [0.05, 0.1) is 6.54 Å². The number of likely N-dealkylation sites (tertiary alicyclic amines) is 1. The second-order valence-corrected chi connectivity index (χ2v) is 6.17. The average molecular weight is 263 g/mol. The zero-order valence-electron chi connectivity index (χ0n) is 11.8. The summed E-state index contributed by atoms with van der Waals surface area (Å²) >= 11 is 0. The minimum absolute atomic E-state index is 0.0284. The second kappa shape index (κ2) is 5.55. The number of carbonyl (C=O) groups is 1. The maximum absolute atomic E-state index is 12.1. The van der Waals surface area contributed by atoms with Gasteiger partial charge in [-0.1, -0.05) is 20.8 Å². The van der Waals surface area contributed by atoms with Gasteiger partial charge in [-0.15, -0.1) is 5.10 Å². The van der Waals surface area contributed by atoms with Crippen molar-refractivity contribution in [2.75, 3.05) is 13.1 Å². The highest BCUT2D eigenvalue weighted by atomic mass is 16.5. The van der Waals surface area contributed by atoms with E-state index in [0.717, 1.165) is 13.0 Å². The second-order valence-electron chi connectivity index (χ2n) is 6.17. The smallest absolute Gasteiger partial charge is 0.233 e. The van der Waals surface area contributed by atoms with Gasteiger partial charge in [0.25, 0.3) is 0 Å². The third-order valence-corrected chi connectivity index (χ3v) is 3.01. The number of hydrogen-bond acceptors (Lipinski definition) is 4. The van der Waals surface area contributed by atoms with Crippen molar-refractivity contribution in [3.8, 4) is 5.88 Å². The molecule has 1 amide bonds. The quantitative estimate of drug-likeness (QED) is 0.835. The molecular formula is C14H21N3O2. The Morgan fingerprint density at radius 2 is 2.32 bits per heavy atom. The Morgan fingerprint density at radius 3 is 2.95 bits per heavy atom. The van der Waals surface area contributed by atoms with E-state index in [1.165, 1.54) is 0 Å². The van der Waals surface area contributed by atoms with Crippen molar-refractivity contribution in [3.63, 3.8) is 0 Å². The maximum Gasteiger partial charge on any atom is 0.233 e. The number of amides is 1. The van der Waals surface area contributed by atoms with Gasteiger partial charge in [0.2, 0.25) is 11.8 Å². The summed E-state index contributed by atoms with van der Waals surface area (Å²) in [6, 6.07) is 3.58. The Kier molecular flexibility index (Phi) is 4.02. The van der Waals surface area contributed by atoms with E-state index in [4.69, 9.17) is 4.74 Å². The Hall–Kier alpha value is -1.65. The van der Waals surface area contributed by atoms with Crippen molar-refractivity contribution in [1.29, 1.82) is 0 Å². The predicted molar refractivity (Wildman–Crippen MR) is 71.7 cm³/mol. The van der Waals surface area contributed by atoms with Crippen molar-refractivity contribution in [2.45, 2.75) is 39.7 Å². The largest absolute Gasteiger partial charge is 0.471 e. The van der Waals surface area contributed by atoms with Crippen LogP contribution >= 0.6 is 0 Å². The lowest BCUT2D eigenvalue weighted by molar-refractivity contribution is -0.132. The monoisotopic (exact) mass is 263 g/mol. The topological polar surface area (TPSA) is 55.3 Å². The highest BCUT2D eigenvalue weighted by Crippen LogP contribution is 2.22. The maximum atomic E-state index is 12.1. The first-order chi connectivity index (χ1) is 8.94. The first-order valence-electron chi connectivity index (χ1n) is 6.66. The highest BCUT2D eigenvalue weighted by molar-refractivity contribution is 5.77. The number of rotatable bonds is 3. The van der Waals surface area contributed by atoms with Crippen LogP contribution in [0.1, 0.15) is 33.6 Å². The molecule has 0 radical (unpaired) electrons. The Balaban J connectivity index is 1.85. The molecule has 104 valence electrons. The first kappa shape index (κ1) is 13.8. The summed E-state index contributed by atoms with van der Waals surface area (Å²) < 4.78 is 5.72. The van der Waals surface area contributed by atoms with Crippen molar-refractivity contribution < 1.29 is 9.53 Å². The van der Waals surface area contributed by atoms with Crippen molar-refractivity contribution in [2.24, 2.45) is 5.41 Å². The molecule has 1 atom stereocenters. The summed E-state index contributed by atoms with van der Waals surface area (Å²) in [4.78, 5) is 14.0. The summed E-state index contributed by atoms with van der Waals surface area (Å²) in [5.41, 5.74) is 0.0287. The fraction of sp³-hybridized carbons (Fsp3) is 0.643. The molecule has 1 aliphatic rings. The van der Waals surface area contributed by atoms with Crippen molar-refractivity contribution in [3.05, 3.63) is 18.3 Å². The average Bonchev–Trinajstić information content (AvgIpc) is 2.77. The summed E-state index contributed by atoms with van der Waals surface area (Å²) in [6.07, 6.45) is 3.07. The molecule has 0 spiro atoms. The lowest BCUT2D eigenvalue weighted by atomic mass is 9.92. The molecule has 1 saturated heterocycles. The Labute approximate surface area is 114 Å². The van der Waals surface area contributed by atoms with Gasteiger partial charge in [-0.05, 0) is 11.5 Å². The van der Waals surface area contributed by atoms with Gasteiger partial charge in [-0.3, -0.25) is 4.79 Å². The number of nitrogens with zero attached hydrogens (tertiary/aromatic N) is 3. The van der Waals surface area contributed by atoms with E-state index < -0.39 is 0 Å². The summed E-state index contributed by atoms with van der Waals surface area (Å²) in [7, 11) is 0. The molecule has 1 aromatic rings. The first-order valence-corrected chi connectivity index (χ1v) is 6.66. The molecular weight excluding hydrogens is 242 g/mol. The van der Waals surface area contributed by atoms with E-state index in [9.17, 15) is 4.79 Å². The van der Waals surface area contributed by atoms with Crippen LogP contribution in [0.5, 0.6) is 5.88 Å². The zero-order chi connectivity index (χ0) is 13.9. The highest BCUT2D eigenvalue weighted by Gasteiger charge is 2.29. The van der Waals surface area contributed by atoms with E-state index >= 15 is 0 Å². The molecule has 0 saturated carbocycles. The molecule has 0 N–H and O–H groups in total. The van der Waals surface area contributed by atoms with E-state index in [0.29, 0.717) is 18.8 Å². The number of hydrogen-bond donors (Lipinski definition) is 0. The van der Waals surface area contributed by atoms with Gasteiger partial charge < -0.3 is 9.64 Å². The lowest BCUT2D eigenvalue weighted by Crippen LogP contribution is -2.33. The van der Waals surface area contributed by atoms with Crippen LogP contribution in [0, 0.1) is 5.41 Å². The van der Waals surface area contributed by atoms with Crippen LogP contribution in [0.3, 0.4) is 0 Å². The molecule has 0 aromatic carbocycles. The fourth-order valence-electron chi connectivity index (χ4n) is 2.14. The fourth-order valence-corrected chi connectivity index (χ4v) is 2.14. The van der Waals surface area contributed by atoms with E-state index in [-0.39, 0.29) is 17.4 Å². The number of ether oxygens (including phenoxy) is 1. The van der Waals surface area contributed by atoms with Gasteiger partial charge >= 0.3 is 0 Å². The van der Waals surface area contributed by atoms with Crippen LogP contribution in [-0.4, -0.2) is 40.2 Å². The molecule has 19 heavy (non-hydrogen) atoms. The van der Waals surface area contributed by atoms with Crippen LogP contribution in [0.2, 0.25) is 0 Å². The van der Waals surface area contributed by atoms with Crippen molar-refractivity contribution >= 4 is 5.91 Å². The minimum atomic E-state index is 0.0284. The molecule has 2 heterocycles. The molecule has 5 nitrogen and oxygen atoms in total. The summed E-state index contributed by atoms with van der Waals surface area (Å²) in [6.45, 7) is 7.64. The van der Waals surface area contributed by atoms with Crippen molar-refractivity contribution in [1.82, 2.24) is 15.1 Å². The molecule has 0 aliphatic carbocycles. The molecule has 5 heteroatoms. The summed E-state index contributed by atoms with van der Waals surface area (Å²) in [5, 5.41) is 7.67. The number of carbonyl (C=O) groups excluding carboxylic acids is 1. The normalized spacial score (nSPS) is 19.5. The minimum Gasteiger partial charge on any atom is -0.471 e. The molecule has 1 aromatic heterocycles. The third-order valence-electron chi connectivity index (χ3n) is 3.01. The molecule has 2 rings (SSSR count). The Bertz CT molecular complexity index is 428. The number of aromatic nitrogens is 2. The third kappa shape index (κ3) is 4.19. The molecule has 0 bridgehead atoms. The van der Waals surface area contributed by atoms with Gasteiger partial charge in [0, 0.05) is 31.6 Å². The van der Waals surface area contributed by atoms with Crippen LogP contribution in [0.25, 0.3) is 0 Å². The van der Waals surface area contributed by atoms with Gasteiger partial charge in [0.1, 0.15) is 6.10 Å². The molecule has 1 unspecified atom stereocenters. The van der Waals surface area contributed by atoms with E-state index in [1.807, 2.05) is 4.90 Å². The van der Waals surface area contributed by atoms with E-state index in [2.05, 4.69) is 31.0 Å². The van der Waals surface area contributed by atoms with E-state index in [1.54, 1.807) is 18.3 Å². The zero-order valence-corrected chi connectivity index (χ0v) is 11.8. The van der Waals surface area contributed by atoms with Crippen LogP contribution in [0.15, 0.2) is 18.3 Å². The standard InChI is InChI=1S/C14H21N3O2/c1-14(2,3)9-13(18)17-8-6-11(10-17)19-12-5-4-7-15-16-12/h4-5,7,11H,6,8-10H2,1-3H3. The van der Waals surface area contributed by atoms with Gasteiger partial charge in [-0.2, -0.15) is 5.10 Å². The van der Waals surface area contributed by atoms with Crippen LogP contribution in [0.4, 0.5) is 0 Å². The molecule has 1 aliphatic heterocycles. The van der Waals surface area contributed by atoms with Gasteiger partial charge in [-0.25, -0.2) is 0 Å². The summed E-state index contributed by atoms with van der Waals surface area (Å²) in [5.74, 6) is 0.732. The van der Waals surface area contributed by atoms with Crippen LogP contribution in [-0.2, 0) is 4.79 Å². The van der Waals surface area contributed by atoms with Crippen LogP contribution < -0.4 is 4.74 Å². The lowest BCUT2D eigenvalue weighted by Gasteiger charge is -2.22. The Morgan fingerprint density at radius 1 is 1.53 bits per heavy atom. The molecule has 1 fully saturated rings. The van der Waals surface area contributed by atoms with Gasteiger partial charge in [0.15, 0.2) is 0 Å². The predicted octanol–water partition coefficient (Wildman–Crippen LogP) is 1.89. The SMILES string of the molecule is CC(C)(C)CC(=O)N1CCC(Oc2cccnn2)C1.